The summed E-state index contributed by atoms with van der Waals surface area (Å²) in [7, 11) is 1.37. The van der Waals surface area contributed by atoms with E-state index in [2.05, 4.69) is 20.9 Å². The van der Waals surface area contributed by atoms with Gasteiger partial charge < -0.3 is 15.4 Å². The number of nitrogens with one attached hydrogen (secondary N) is 2. The fourth-order valence-corrected chi connectivity index (χ4v) is 4.13. The zero-order chi connectivity index (χ0) is 18.6. The van der Waals surface area contributed by atoms with Crippen molar-refractivity contribution in [2.45, 2.75) is 69.9 Å². The maximum Gasteiger partial charge on any atom is 0.331 e. The Morgan fingerprint density at radius 2 is 1.85 bits per heavy atom. The first-order chi connectivity index (χ1) is 12.6. The highest BCUT2D eigenvalue weighted by Crippen LogP contribution is 2.29. The van der Waals surface area contributed by atoms with Crippen LogP contribution in [0.2, 0.25) is 0 Å². The number of carbonyl (C=O) groups is 2. The van der Waals surface area contributed by atoms with Crippen molar-refractivity contribution in [1.29, 1.82) is 0 Å². The van der Waals surface area contributed by atoms with Crippen molar-refractivity contribution in [2.75, 3.05) is 20.2 Å². The van der Waals surface area contributed by atoms with E-state index in [1.54, 1.807) is 0 Å². The van der Waals surface area contributed by atoms with Crippen LogP contribution in [-0.2, 0) is 9.53 Å². The van der Waals surface area contributed by atoms with E-state index in [0.29, 0.717) is 18.5 Å². The molecular weight excluding hydrogens is 334 g/mol. The molecule has 144 valence electrons. The second kappa shape index (κ2) is 8.16. The SMILES string of the molecule is COC(=O)C1(NC(=O)c2nnn(C3CCNCC3)c2C)CCCCCC1. The van der Waals surface area contributed by atoms with Crippen molar-refractivity contribution in [2.24, 2.45) is 0 Å². The largest absolute Gasteiger partial charge is 0.467 e. The summed E-state index contributed by atoms with van der Waals surface area (Å²) in [5, 5.41) is 14.6. The van der Waals surface area contributed by atoms with Crippen LogP contribution < -0.4 is 10.6 Å². The highest BCUT2D eigenvalue weighted by Gasteiger charge is 2.42. The van der Waals surface area contributed by atoms with Crippen LogP contribution in [0.5, 0.6) is 0 Å². The number of hydrogen-bond donors (Lipinski definition) is 2. The zero-order valence-electron chi connectivity index (χ0n) is 15.7. The van der Waals surface area contributed by atoms with Gasteiger partial charge in [-0.05, 0) is 45.7 Å². The van der Waals surface area contributed by atoms with Crippen LogP contribution in [0, 0.1) is 6.92 Å². The van der Waals surface area contributed by atoms with Crippen LogP contribution in [0.15, 0.2) is 0 Å². The topological polar surface area (TPSA) is 98.1 Å². The minimum absolute atomic E-state index is 0.262. The van der Waals surface area contributed by atoms with Crippen LogP contribution in [0.25, 0.3) is 0 Å². The van der Waals surface area contributed by atoms with Gasteiger partial charge in [-0.1, -0.05) is 30.9 Å². The number of rotatable bonds is 4. The minimum atomic E-state index is -0.951. The monoisotopic (exact) mass is 363 g/mol. The summed E-state index contributed by atoms with van der Waals surface area (Å²) < 4.78 is 6.87. The molecule has 8 nitrogen and oxygen atoms in total. The van der Waals surface area contributed by atoms with Crippen molar-refractivity contribution in [3.63, 3.8) is 0 Å². The number of carbonyl (C=O) groups excluding carboxylic acids is 2. The first-order valence-electron chi connectivity index (χ1n) is 9.61. The Kier molecular flexibility index (Phi) is 5.90. The molecule has 2 N–H and O–H groups in total. The Morgan fingerprint density at radius 1 is 1.19 bits per heavy atom. The van der Waals surface area contributed by atoms with Gasteiger partial charge in [0.2, 0.25) is 0 Å². The summed E-state index contributed by atoms with van der Waals surface area (Å²) in [4.78, 5) is 25.4. The van der Waals surface area contributed by atoms with E-state index in [-0.39, 0.29) is 17.9 Å². The Bertz CT molecular complexity index is 643. The molecule has 2 fully saturated rings. The van der Waals surface area contributed by atoms with Crippen molar-refractivity contribution in [3.05, 3.63) is 11.4 Å². The average Bonchev–Trinajstić information content (AvgIpc) is 2.89. The minimum Gasteiger partial charge on any atom is -0.467 e. The summed E-state index contributed by atoms with van der Waals surface area (Å²) in [6.45, 7) is 3.75. The van der Waals surface area contributed by atoms with E-state index >= 15 is 0 Å². The predicted molar refractivity (Wildman–Crippen MR) is 95.8 cm³/mol. The Hall–Kier alpha value is -1.96. The third kappa shape index (κ3) is 3.75. The molecule has 0 atom stereocenters. The second-order valence-corrected chi connectivity index (χ2v) is 7.39. The van der Waals surface area contributed by atoms with Gasteiger partial charge in [0.15, 0.2) is 5.69 Å². The average molecular weight is 363 g/mol. The van der Waals surface area contributed by atoms with E-state index < -0.39 is 5.54 Å². The lowest BCUT2D eigenvalue weighted by atomic mass is 9.90. The number of esters is 1. The summed E-state index contributed by atoms with van der Waals surface area (Å²) in [6.07, 6.45) is 7.08. The van der Waals surface area contributed by atoms with Gasteiger partial charge in [-0.2, -0.15) is 0 Å². The molecule has 0 radical (unpaired) electrons. The van der Waals surface area contributed by atoms with Gasteiger partial charge in [0.25, 0.3) is 5.91 Å². The molecule has 0 spiro atoms. The van der Waals surface area contributed by atoms with Crippen molar-refractivity contribution in [1.82, 2.24) is 25.6 Å². The summed E-state index contributed by atoms with van der Waals surface area (Å²) in [5.41, 5.74) is 0.104. The van der Waals surface area contributed by atoms with Gasteiger partial charge in [0.05, 0.1) is 18.8 Å². The van der Waals surface area contributed by atoms with Crippen LogP contribution >= 0.6 is 0 Å². The van der Waals surface area contributed by atoms with Crippen molar-refractivity contribution >= 4 is 11.9 Å². The van der Waals surface area contributed by atoms with Gasteiger partial charge in [-0.3, -0.25) is 4.79 Å². The molecule has 1 aromatic rings. The number of aromatic nitrogens is 3. The third-order valence-corrected chi connectivity index (χ3v) is 5.68. The maximum atomic E-state index is 12.9. The first kappa shape index (κ1) is 18.8. The highest BCUT2D eigenvalue weighted by atomic mass is 16.5. The second-order valence-electron chi connectivity index (χ2n) is 7.39. The van der Waals surface area contributed by atoms with E-state index in [9.17, 15) is 9.59 Å². The van der Waals surface area contributed by atoms with E-state index in [1.165, 1.54) is 7.11 Å². The number of hydrogen-bond acceptors (Lipinski definition) is 6. The van der Waals surface area contributed by atoms with Gasteiger partial charge >= 0.3 is 5.97 Å². The molecule has 0 unspecified atom stereocenters. The smallest absolute Gasteiger partial charge is 0.331 e. The summed E-state index contributed by atoms with van der Waals surface area (Å²) in [6, 6.07) is 0.262. The quantitative estimate of drug-likeness (QED) is 0.621. The molecule has 26 heavy (non-hydrogen) atoms. The van der Waals surface area contributed by atoms with Crippen molar-refractivity contribution < 1.29 is 14.3 Å². The van der Waals surface area contributed by atoms with E-state index in [0.717, 1.165) is 57.3 Å². The number of piperidine rings is 1. The number of ether oxygens (including phenoxy) is 1. The predicted octanol–water partition coefficient (Wildman–Crippen LogP) is 1.51. The first-order valence-corrected chi connectivity index (χ1v) is 9.61. The molecular formula is C18H29N5O3. The molecule has 0 aromatic carbocycles. The molecule has 1 aromatic heterocycles. The molecule has 1 amide bonds. The highest BCUT2D eigenvalue weighted by molar-refractivity contribution is 5.97. The fraction of sp³-hybridized carbons (Fsp3) is 0.778. The Balaban J connectivity index is 1.79. The Morgan fingerprint density at radius 3 is 2.46 bits per heavy atom. The lowest BCUT2D eigenvalue weighted by Crippen LogP contribution is -2.55. The molecule has 1 saturated carbocycles. The van der Waals surface area contributed by atoms with Gasteiger partial charge in [0, 0.05) is 0 Å². The van der Waals surface area contributed by atoms with Crippen LogP contribution in [-0.4, -0.2) is 52.6 Å². The summed E-state index contributed by atoms with van der Waals surface area (Å²) >= 11 is 0. The normalized spacial score (nSPS) is 21.0. The van der Waals surface area contributed by atoms with E-state index in [4.69, 9.17) is 4.74 Å². The number of nitrogens with zero attached hydrogens (tertiary/aromatic N) is 3. The van der Waals surface area contributed by atoms with Gasteiger partial charge in [0.1, 0.15) is 5.54 Å². The fourth-order valence-electron chi connectivity index (χ4n) is 4.13. The lowest BCUT2D eigenvalue weighted by Gasteiger charge is -2.30. The molecule has 2 aliphatic rings. The van der Waals surface area contributed by atoms with Crippen LogP contribution in [0.3, 0.4) is 0 Å². The van der Waals surface area contributed by atoms with Gasteiger partial charge in [-0.15, -0.1) is 5.10 Å². The van der Waals surface area contributed by atoms with Crippen molar-refractivity contribution in [3.8, 4) is 0 Å². The lowest BCUT2D eigenvalue weighted by molar-refractivity contribution is -0.148. The molecule has 1 aliphatic carbocycles. The van der Waals surface area contributed by atoms with Gasteiger partial charge in [-0.25, -0.2) is 9.48 Å². The third-order valence-electron chi connectivity index (χ3n) is 5.68. The molecule has 8 heteroatoms. The van der Waals surface area contributed by atoms with Crippen LogP contribution in [0.4, 0.5) is 0 Å². The standard InChI is InChI=1S/C18H29N5O3/c1-13-15(21-22-23(13)14-7-11-19-12-8-14)16(24)20-18(17(25)26-2)9-5-3-4-6-10-18/h14,19H,3-12H2,1-2H3,(H,20,24). The Labute approximate surface area is 154 Å². The van der Waals surface area contributed by atoms with E-state index in [1.807, 2.05) is 11.6 Å². The molecule has 2 heterocycles. The summed E-state index contributed by atoms with van der Waals surface area (Å²) in [5.74, 6) is -0.703. The molecule has 1 saturated heterocycles. The number of methoxy groups -OCH3 is 1. The number of amides is 1. The van der Waals surface area contributed by atoms with Crippen LogP contribution in [0.1, 0.15) is 73.6 Å². The zero-order valence-corrected chi connectivity index (χ0v) is 15.7. The maximum absolute atomic E-state index is 12.9. The molecule has 1 aliphatic heterocycles. The molecule has 3 rings (SSSR count). The molecule has 0 bridgehead atoms.